The number of ether oxygens (including phenoxy) is 1. The second-order valence-corrected chi connectivity index (χ2v) is 7.41. The first kappa shape index (κ1) is 17.2. The lowest BCUT2D eigenvalue weighted by atomic mass is 9.69. The average Bonchev–Trinajstić information content (AvgIpc) is 2.53. The van der Waals surface area contributed by atoms with Crippen LogP contribution in [0.2, 0.25) is 0 Å². The summed E-state index contributed by atoms with van der Waals surface area (Å²) in [6.45, 7) is 6.96. The third kappa shape index (κ3) is 3.28. The van der Waals surface area contributed by atoms with E-state index in [1.54, 1.807) is 0 Å². The van der Waals surface area contributed by atoms with Crippen molar-refractivity contribution in [1.29, 1.82) is 0 Å². The van der Waals surface area contributed by atoms with Gasteiger partial charge in [0, 0.05) is 30.6 Å². The van der Waals surface area contributed by atoms with Gasteiger partial charge < -0.3 is 25.4 Å². The molecular weight excluding hydrogens is 306 g/mol. The molecule has 0 aromatic carbocycles. The minimum atomic E-state index is 0.0132. The average molecular weight is 335 g/mol. The smallest absolute Gasteiger partial charge is 0.225 e. The number of nitrogen functional groups attached to an aromatic ring is 1. The number of nitrogens with zero attached hydrogens (tertiary/aromatic N) is 4. The molecule has 0 unspecified atom stereocenters. The highest BCUT2D eigenvalue weighted by atomic mass is 16.5. The van der Waals surface area contributed by atoms with Crippen molar-refractivity contribution in [3.63, 3.8) is 0 Å². The van der Waals surface area contributed by atoms with Crippen molar-refractivity contribution < 1.29 is 9.84 Å². The molecule has 0 spiro atoms. The SMILES string of the molecule is CC(C)Oc1cc(N2CC[C@@]3(CO)CCCN(C)[C@@H]3C2)nc(N)n1. The van der Waals surface area contributed by atoms with Crippen LogP contribution in [-0.2, 0) is 0 Å². The monoisotopic (exact) mass is 335 g/mol. The van der Waals surface area contributed by atoms with E-state index < -0.39 is 0 Å². The highest BCUT2D eigenvalue weighted by Gasteiger charge is 2.46. The maximum atomic E-state index is 10.0. The van der Waals surface area contributed by atoms with Gasteiger partial charge in [0.05, 0.1) is 12.7 Å². The van der Waals surface area contributed by atoms with Crippen LogP contribution >= 0.6 is 0 Å². The van der Waals surface area contributed by atoms with Crippen LogP contribution in [0.25, 0.3) is 0 Å². The van der Waals surface area contributed by atoms with Crippen LogP contribution in [0.1, 0.15) is 33.1 Å². The Kier molecular flexibility index (Phi) is 4.83. The lowest BCUT2D eigenvalue weighted by Gasteiger charge is -2.53. The van der Waals surface area contributed by atoms with E-state index in [-0.39, 0.29) is 24.1 Å². The standard InChI is InChI=1S/C17H29N5O2/c1-12(2)24-15-9-14(19-16(18)20-15)22-8-6-17(11-23)5-4-7-21(3)13(17)10-22/h9,12-13,23H,4-8,10-11H2,1-3H3,(H2,18,19,20)/t13-,17-/m1/s1. The van der Waals surface area contributed by atoms with Gasteiger partial charge in [-0.15, -0.1) is 0 Å². The first-order chi connectivity index (χ1) is 11.4. The maximum Gasteiger partial charge on any atom is 0.225 e. The summed E-state index contributed by atoms with van der Waals surface area (Å²) in [5.74, 6) is 1.56. The number of likely N-dealkylation sites (N-methyl/N-ethyl adjacent to an activating group) is 1. The highest BCUT2D eigenvalue weighted by molar-refractivity contribution is 5.46. The van der Waals surface area contributed by atoms with Gasteiger partial charge in [-0.25, -0.2) is 0 Å². The molecule has 0 amide bonds. The van der Waals surface area contributed by atoms with Gasteiger partial charge in [-0.1, -0.05) is 0 Å². The zero-order chi connectivity index (χ0) is 17.3. The first-order valence-electron chi connectivity index (χ1n) is 8.81. The quantitative estimate of drug-likeness (QED) is 0.853. The number of hydrogen-bond donors (Lipinski definition) is 2. The van der Waals surface area contributed by atoms with E-state index in [0.717, 1.165) is 44.7 Å². The summed E-state index contributed by atoms with van der Waals surface area (Å²) in [5, 5.41) is 10.0. The van der Waals surface area contributed by atoms with E-state index in [1.807, 2.05) is 19.9 Å². The maximum absolute atomic E-state index is 10.0. The number of likely N-dealkylation sites (tertiary alicyclic amines) is 1. The van der Waals surface area contributed by atoms with E-state index in [1.165, 1.54) is 0 Å². The molecule has 2 atom stereocenters. The number of hydrogen-bond acceptors (Lipinski definition) is 7. The van der Waals surface area contributed by atoms with E-state index in [9.17, 15) is 5.11 Å². The number of aliphatic hydroxyl groups is 1. The van der Waals surface area contributed by atoms with Crippen LogP contribution < -0.4 is 15.4 Å². The Balaban J connectivity index is 1.83. The van der Waals surface area contributed by atoms with Crippen LogP contribution in [0.4, 0.5) is 11.8 Å². The second kappa shape index (κ2) is 6.72. The molecule has 2 fully saturated rings. The van der Waals surface area contributed by atoms with Crippen molar-refractivity contribution >= 4 is 11.8 Å². The van der Waals surface area contributed by atoms with E-state index in [2.05, 4.69) is 26.8 Å². The van der Waals surface area contributed by atoms with Gasteiger partial charge in [0.25, 0.3) is 0 Å². The van der Waals surface area contributed by atoms with Crippen LogP contribution in [-0.4, -0.2) is 65.4 Å². The van der Waals surface area contributed by atoms with Gasteiger partial charge in [-0.3, -0.25) is 0 Å². The topological polar surface area (TPSA) is 87.7 Å². The van der Waals surface area contributed by atoms with Crippen molar-refractivity contribution in [2.75, 3.05) is 43.9 Å². The van der Waals surface area contributed by atoms with Gasteiger partial charge in [0.1, 0.15) is 5.82 Å². The first-order valence-corrected chi connectivity index (χ1v) is 8.81. The summed E-state index contributed by atoms with van der Waals surface area (Å²) in [4.78, 5) is 13.2. The molecule has 3 heterocycles. The summed E-state index contributed by atoms with van der Waals surface area (Å²) in [5.41, 5.74) is 5.89. The Morgan fingerprint density at radius 1 is 1.38 bits per heavy atom. The molecule has 0 radical (unpaired) electrons. The lowest BCUT2D eigenvalue weighted by molar-refractivity contribution is -0.0277. The van der Waals surface area contributed by atoms with Crippen LogP contribution in [0.3, 0.4) is 0 Å². The van der Waals surface area contributed by atoms with Crippen molar-refractivity contribution in [2.45, 2.75) is 45.3 Å². The predicted octanol–water partition coefficient (Wildman–Crippen LogP) is 1.13. The van der Waals surface area contributed by atoms with Gasteiger partial charge in [0.15, 0.2) is 0 Å². The normalized spacial score (nSPS) is 28.0. The van der Waals surface area contributed by atoms with Crippen molar-refractivity contribution in [1.82, 2.24) is 14.9 Å². The predicted molar refractivity (Wildman–Crippen MR) is 94.2 cm³/mol. The number of aliphatic hydroxyl groups excluding tert-OH is 1. The fourth-order valence-electron chi connectivity index (χ4n) is 4.12. The zero-order valence-corrected chi connectivity index (χ0v) is 14.9. The highest BCUT2D eigenvalue weighted by Crippen LogP contribution is 2.42. The van der Waals surface area contributed by atoms with Crippen LogP contribution in [0.15, 0.2) is 6.07 Å². The molecular formula is C17H29N5O2. The third-order valence-corrected chi connectivity index (χ3v) is 5.40. The zero-order valence-electron chi connectivity index (χ0n) is 14.9. The molecule has 2 aliphatic rings. The van der Waals surface area contributed by atoms with Crippen molar-refractivity contribution in [2.24, 2.45) is 5.41 Å². The van der Waals surface area contributed by atoms with E-state index in [0.29, 0.717) is 11.9 Å². The number of piperidine rings is 2. The molecule has 2 saturated heterocycles. The van der Waals surface area contributed by atoms with E-state index >= 15 is 0 Å². The molecule has 1 aromatic rings. The Morgan fingerprint density at radius 2 is 2.17 bits per heavy atom. The molecule has 7 heteroatoms. The molecule has 3 rings (SSSR count). The number of aromatic nitrogens is 2. The number of nitrogens with two attached hydrogens (primary N) is 1. The van der Waals surface area contributed by atoms with Gasteiger partial charge in [-0.05, 0) is 46.7 Å². The summed E-state index contributed by atoms with van der Waals surface area (Å²) in [7, 11) is 2.15. The molecule has 1 aromatic heterocycles. The third-order valence-electron chi connectivity index (χ3n) is 5.40. The number of fused-ring (bicyclic) bond motifs is 1. The van der Waals surface area contributed by atoms with Gasteiger partial charge >= 0.3 is 0 Å². The summed E-state index contributed by atoms with van der Waals surface area (Å²) in [6, 6.07) is 2.20. The fourth-order valence-corrected chi connectivity index (χ4v) is 4.12. The van der Waals surface area contributed by atoms with Crippen molar-refractivity contribution in [3.8, 4) is 5.88 Å². The second-order valence-electron chi connectivity index (χ2n) is 7.41. The van der Waals surface area contributed by atoms with Crippen LogP contribution in [0, 0.1) is 5.41 Å². The number of anilines is 2. The minimum Gasteiger partial charge on any atom is -0.475 e. The summed E-state index contributed by atoms with van der Waals surface area (Å²) >= 11 is 0. The molecule has 134 valence electrons. The Labute approximate surface area is 143 Å². The molecule has 24 heavy (non-hydrogen) atoms. The number of rotatable bonds is 4. The molecule has 2 aliphatic heterocycles. The largest absolute Gasteiger partial charge is 0.475 e. The Hall–Kier alpha value is -1.60. The summed E-state index contributed by atoms with van der Waals surface area (Å²) in [6.07, 6.45) is 3.25. The molecule has 3 N–H and O–H groups in total. The molecule has 0 bridgehead atoms. The van der Waals surface area contributed by atoms with E-state index in [4.69, 9.17) is 10.5 Å². The molecule has 7 nitrogen and oxygen atoms in total. The Bertz CT molecular complexity index is 582. The van der Waals surface area contributed by atoms with Crippen molar-refractivity contribution in [3.05, 3.63) is 6.07 Å². The Morgan fingerprint density at radius 3 is 2.88 bits per heavy atom. The molecule has 0 aliphatic carbocycles. The minimum absolute atomic E-state index is 0.0132. The van der Waals surface area contributed by atoms with Gasteiger partial charge in [0.2, 0.25) is 11.8 Å². The van der Waals surface area contributed by atoms with Gasteiger partial charge in [-0.2, -0.15) is 9.97 Å². The van der Waals surface area contributed by atoms with Crippen LogP contribution in [0.5, 0.6) is 5.88 Å². The lowest BCUT2D eigenvalue weighted by Crippen LogP contribution is -2.61. The molecule has 0 saturated carbocycles. The summed E-state index contributed by atoms with van der Waals surface area (Å²) < 4.78 is 5.69. The fraction of sp³-hybridized carbons (Fsp3) is 0.765.